The Morgan fingerprint density at radius 2 is 1.62 bits per heavy atom. The van der Waals surface area contributed by atoms with E-state index in [0.29, 0.717) is 0 Å². The maximum absolute atomic E-state index is 6.63. The van der Waals surface area contributed by atoms with Crippen molar-refractivity contribution in [1.29, 1.82) is 0 Å². The summed E-state index contributed by atoms with van der Waals surface area (Å²) in [6.07, 6.45) is 3.87. The Bertz CT molecular complexity index is 1350. The summed E-state index contributed by atoms with van der Waals surface area (Å²) < 4.78 is 14.7. The van der Waals surface area contributed by atoms with Gasteiger partial charge in [0.05, 0.1) is 19.3 Å². The number of rotatable bonds is 2. The van der Waals surface area contributed by atoms with Gasteiger partial charge in [-0.15, -0.1) is 0 Å². The van der Waals surface area contributed by atoms with Gasteiger partial charge in [0.2, 0.25) is 5.36 Å². The zero-order valence-corrected chi connectivity index (χ0v) is 20.5. The van der Waals surface area contributed by atoms with Crippen molar-refractivity contribution < 1.29 is 21.6 Å². The molecule has 5 heteroatoms. The van der Waals surface area contributed by atoms with E-state index in [1.54, 1.807) is 0 Å². The molecule has 2 saturated heterocycles. The summed E-state index contributed by atoms with van der Waals surface area (Å²) in [5.74, 6) is 0.961. The van der Waals surface area contributed by atoms with Crippen LogP contribution in [0, 0.1) is 6.92 Å². The molecule has 2 fully saturated rings. The van der Waals surface area contributed by atoms with Crippen molar-refractivity contribution in [3.63, 3.8) is 0 Å². The standard InChI is InChI=1S/C29H31N2O2.ClH/c1-21-7-3-4-8-24(21)29-25-11-9-22(30-13-5-2-6-14-30)19-27(25)33-28-20-23(10-12-26(28)29)31-15-17-32-18-16-31;/h3-4,7-12,19-20H,2,5-6,13-18H2,1H3;1H/q+1;/p-1. The fourth-order valence-electron chi connectivity index (χ4n) is 5.38. The van der Waals surface area contributed by atoms with E-state index in [2.05, 4.69) is 77.1 Å². The molecule has 6 rings (SSSR count). The number of morpholine rings is 1. The van der Waals surface area contributed by atoms with Gasteiger partial charge in [0.15, 0.2) is 0 Å². The number of halogens is 1. The van der Waals surface area contributed by atoms with E-state index in [0.717, 1.165) is 50.7 Å². The number of aryl methyl sites for hydroxylation is 1. The van der Waals surface area contributed by atoms with E-state index in [9.17, 15) is 0 Å². The molecule has 0 bridgehead atoms. The molecule has 0 saturated carbocycles. The third kappa shape index (κ3) is 4.21. The van der Waals surface area contributed by atoms with Gasteiger partial charge in [0, 0.05) is 60.3 Å². The van der Waals surface area contributed by atoms with E-state index in [1.807, 2.05) is 0 Å². The van der Waals surface area contributed by atoms with Crippen LogP contribution in [0.2, 0.25) is 0 Å². The highest BCUT2D eigenvalue weighted by atomic mass is 35.5. The summed E-state index contributed by atoms with van der Waals surface area (Å²) >= 11 is 0. The minimum absolute atomic E-state index is 0. The molecular weight excluding hydrogens is 444 g/mol. The number of benzene rings is 3. The third-order valence-corrected chi connectivity index (χ3v) is 7.20. The summed E-state index contributed by atoms with van der Waals surface area (Å²) in [6.45, 7) is 7.85. The molecule has 0 N–H and O–H groups in total. The molecule has 4 aliphatic rings. The number of hydrogen-bond acceptors (Lipinski definition) is 3. The largest absolute Gasteiger partial charge is 1.00 e. The van der Waals surface area contributed by atoms with Crippen molar-refractivity contribution in [1.82, 2.24) is 4.58 Å². The SMILES string of the molecule is Cc1ccccc1-c1c2ccc(=[N+]3CCCCC3)cc-2oc2cc(N3CCOCC3)ccc12.[Cl-]. The maximum atomic E-state index is 6.63. The van der Waals surface area contributed by atoms with Crippen molar-refractivity contribution in [3.05, 3.63) is 71.6 Å². The molecule has 0 radical (unpaired) electrons. The minimum Gasteiger partial charge on any atom is -1.00 e. The second kappa shape index (κ2) is 9.81. The number of ether oxygens (including phenoxy) is 1. The first kappa shape index (κ1) is 22.9. The van der Waals surface area contributed by atoms with Gasteiger partial charge >= 0.3 is 0 Å². The molecule has 2 aromatic rings. The predicted octanol–water partition coefficient (Wildman–Crippen LogP) is 2.31. The fraction of sp³-hybridized carbons (Fsp3) is 0.345. The van der Waals surface area contributed by atoms with Crippen molar-refractivity contribution in [2.45, 2.75) is 26.2 Å². The first-order chi connectivity index (χ1) is 16.3. The highest BCUT2D eigenvalue weighted by molar-refractivity contribution is 6.03. The van der Waals surface area contributed by atoms with Crippen LogP contribution in [0.3, 0.4) is 0 Å². The van der Waals surface area contributed by atoms with Gasteiger partial charge in [0.25, 0.3) is 0 Å². The predicted molar refractivity (Wildman–Crippen MR) is 135 cm³/mol. The molecular formula is C29H31ClN2O2. The van der Waals surface area contributed by atoms with Gasteiger partial charge in [-0.3, -0.25) is 0 Å². The lowest BCUT2D eigenvalue weighted by Gasteiger charge is -2.29. The molecule has 34 heavy (non-hydrogen) atoms. The second-order valence-electron chi connectivity index (χ2n) is 9.30. The van der Waals surface area contributed by atoms with Crippen LogP contribution < -0.4 is 27.2 Å². The van der Waals surface area contributed by atoms with Crippen LogP contribution in [0.4, 0.5) is 5.69 Å². The summed E-state index contributed by atoms with van der Waals surface area (Å²) in [5.41, 5.74) is 7.15. The van der Waals surface area contributed by atoms with E-state index < -0.39 is 0 Å². The molecule has 0 spiro atoms. The molecule has 0 aromatic heterocycles. The van der Waals surface area contributed by atoms with Gasteiger partial charge in [-0.25, -0.2) is 4.58 Å². The monoisotopic (exact) mass is 474 g/mol. The topological polar surface area (TPSA) is 28.6 Å². The average Bonchev–Trinajstić information content (AvgIpc) is 2.88. The molecule has 2 aromatic carbocycles. The van der Waals surface area contributed by atoms with E-state index in [1.165, 1.54) is 57.9 Å². The number of nitrogens with zero attached hydrogens (tertiary/aromatic N) is 2. The minimum atomic E-state index is 0. The Labute approximate surface area is 207 Å². The average molecular weight is 475 g/mol. The van der Waals surface area contributed by atoms with E-state index in [-0.39, 0.29) is 12.4 Å². The Morgan fingerprint density at radius 3 is 2.41 bits per heavy atom. The summed E-state index contributed by atoms with van der Waals surface area (Å²) in [5, 5.41) is 2.44. The second-order valence-corrected chi connectivity index (χ2v) is 9.30. The number of anilines is 1. The lowest BCUT2D eigenvalue weighted by Crippen LogP contribution is -3.00. The molecule has 3 aliphatic heterocycles. The Hall–Kier alpha value is -2.82. The van der Waals surface area contributed by atoms with Gasteiger partial charge in [-0.1, -0.05) is 24.3 Å². The molecule has 1 aliphatic carbocycles. The highest BCUT2D eigenvalue weighted by Crippen LogP contribution is 2.41. The third-order valence-electron chi connectivity index (χ3n) is 7.20. The van der Waals surface area contributed by atoms with Crippen LogP contribution >= 0.6 is 0 Å². The van der Waals surface area contributed by atoms with Crippen molar-refractivity contribution >= 4 is 16.7 Å². The normalized spacial score (nSPS) is 16.6. The lowest BCUT2D eigenvalue weighted by molar-refractivity contribution is -0.00000778. The molecule has 4 nitrogen and oxygen atoms in total. The Morgan fingerprint density at radius 1 is 0.824 bits per heavy atom. The smallest absolute Gasteiger partial charge is 0.203 e. The zero-order chi connectivity index (χ0) is 22.2. The molecule has 176 valence electrons. The van der Waals surface area contributed by atoms with Gasteiger partial charge in [-0.2, -0.15) is 0 Å². The van der Waals surface area contributed by atoms with Crippen LogP contribution in [0.15, 0.2) is 65.1 Å². The molecule has 0 unspecified atom stereocenters. The van der Waals surface area contributed by atoms with Crippen LogP contribution in [0.1, 0.15) is 24.8 Å². The van der Waals surface area contributed by atoms with Crippen LogP contribution in [-0.4, -0.2) is 39.4 Å². The Kier molecular flexibility index (Phi) is 6.62. The van der Waals surface area contributed by atoms with Crippen molar-refractivity contribution in [2.75, 3.05) is 44.3 Å². The zero-order valence-electron chi connectivity index (χ0n) is 19.7. The molecule has 0 atom stereocenters. The lowest BCUT2D eigenvalue weighted by atomic mass is 9.91. The van der Waals surface area contributed by atoms with Gasteiger partial charge in [0.1, 0.15) is 24.4 Å². The quantitative estimate of drug-likeness (QED) is 0.330. The van der Waals surface area contributed by atoms with Crippen molar-refractivity contribution in [2.24, 2.45) is 0 Å². The fourth-order valence-corrected chi connectivity index (χ4v) is 5.38. The number of fused-ring (bicyclic) bond motifs is 2. The summed E-state index contributed by atoms with van der Waals surface area (Å²) in [6, 6.07) is 22.2. The molecule has 3 heterocycles. The van der Waals surface area contributed by atoms with Crippen LogP contribution in [-0.2, 0) is 4.74 Å². The van der Waals surface area contributed by atoms with Crippen molar-refractivity contribution in [3.8, 4) is 22.5 Å². The highest BCUT2D eigenvalue weighted by Gasteiger charge is 2.21. The molecule has 0 amide bonds. The van der Waals surface area contributed by atoms with Crippen LogP contribution in [0.25, 0.3) is 33.4 Å². The summed E-state index contributed by atoms with van der Waals surface area (Å²) in [7, 11) is 0. The van der Waals surface area contributed by atoms with E-state index >= 15 is 0 Å². The van der Waals surface area contributed by atoms with E-state index in [4.69, 9.17) is 9.15 Å². The first-order valence-corrected chi connectivity index (χ1v) is 12.3. The summed E-state index contributed by atoms with van der Waals surface area (Å²) in [4.78, 5) is 2.39. The van der Waals surface area contributed by atoms with Gasteiger partial charge in [-0.05, 0) is 42.7 Å². The van der Waals surface area contributed by atoms with Crippen LogP contribution in [0.5, 0.6) is 0 Å². The number of hydrogen-bond donors (Lipinski definition) is 0. The maximum Gasteiger partial charge on any atom is 0.203 e. The number of piperidine rings is 1. The Balaban J connectivity index is 0.00000241. The first-order valence-electron chi connectivity index (χ1n) is 12.3. The van der Waals surface area contributed by atoms with Gasteiger partial charge < -0.3 is 26.5 Å².